The molecule has 0 bridgehead atoms. The van der Waals surface area contributed by atoms with Gasteiger partial charge in [-0.25, -0.2) is 4.68 Å². The molecule has 17 heavy (non-hydrogen) atoms. The van der Waals surface area contributed by atoms with Crippen LogP contribution in [0.3, 0.4) is 0 Å². The molecule has 0 saturated carbocycles. The number of benzene rings is 1. The predicted octanol–water partition coefficient (Wildman–Crippen LogP) is 0.928. The van der Waals surface area contributed by atoms with Gasteiger partial charge in [-0.1, -0.05) is 0 Å². The smallest absolute Gasteiger partial charge is 0.158 e. The van der Waals surface area contributed by atoms with Gasteiger partial charge in [-0.3, -0.25) is 0 Å². The zero-order valence-corrected chi connectivity index (χ0v) is 9.21. The Hall–Kier alpha value is -2.01. The molecule has 0 spiro atoms. The van der Waals surface area contributed by atoms with E-state index in [1.165, 1.54) is 0 Å². The summed E-state index contributed by atoms with van der Waals surface area (Å²) in [4.78, 5) is 0. The Morgan fingerprint density at radius 3 is 2.71 bits per heavy atom. The van der Waals surface area contributed by atoms with Gasteiger partial charge in [0.1, 0.15) is 11.9 Å². The molecule has 1 saturated heterocycles. The minimum absolute atomic E-state index is 0.248. The summed E-state index contributed by atoms with van der Waals surface area (Å²) >= 11 is 0. The number of phenols is 1. The maximum Gasteiger partial charge on any atom is 0.158 e. The van der Waals surface area contributed by atoms with Crippen molar-refractivity contribution >= 4 is 0 Å². The first-order valence-electron chi connectivity index (χ1n) is 5.53. The number of ether oxygens (including phenoxy) is 1. The maximum atomic E-state index is 9.21. The molecule has 1 fully saturated rings. The van der Waals surface area contributed by atoms with Gasteiger partial charge < -0.3 is 15.2 Å². The molecule has 88 valence electrons. The molecular formula is C12H13N3O2. The van der Waals surface area contributed by atoms with E-state index in [0.717, 1.165) is 24.5 Å². The monoisotopic (exact) mass is 231 g/mol. The molecule has 2 heterocycles. The van der Waals surface area contributed by atoms with E-state index in [1.54, 1.807) is 35.1 Å². The highest BCUT2D eigenvalue weighted by Crippen LogP contribution is 2.17. The van der Waals surface area contributed by atoms with E-state index in [1.807, 2.05) is 6.20 Å². The molecule has 1 aliphatic heterocycles. The fourth-order valence-electron chi connectivity index (χ4n) is 1.65. The molecule has 5 nitrogen and oxygen atoms in total. The Morgan fingerprint density at radius 2 is 2.06 bits per heavy atom. The predicted molar refractivity (Wildman–Crippen MR) is 62.5 cm³/mol. The molecule has 3 rings (SSSR count). The molecule has 2 N–H and O–H groups in total. The number of hydrogen-bond donors (Lipinski definition) is 2. The SMILES string of the molecule is Oc1ccc(-n2cc(OC3CNC3)cn2)cc1. The second-order valence-electron chi connectivity index (χ2n) is 4.04. The Balaban J connectivity index is 1.76. The van der Waals surface area contributed by atoms with Crippen molar-refractivity contribution in [3.8, 4) is 17.2 Å². The number of hydrogen-bond acceptors (Lipinski definition) is 4. The summed E-state index contributed by atoms with van der Waals surface area (Å²) in [5.74, 6) is 1.02. The standard InChI is InChI=1S/C12H13N3O2/c16-10-3-1-9(2-4-10)15-8-12(7-14-15)17-11-5-13-6-11/h1-4,7-8,11,13,16H,5-6H2. The van der Waals surface area contributed by atoms with Crippen molar-refractivity contribution in [3.63, 3.8) is 0 Å². The average Bonchev–Trinajstić information content (AvgIpc) is 2.73. The molecule has 1 aliphatic rings. The Kier molecular flexibility index (Phi) is 2.45. The molecule has 2 aromatic rings. The molecule has 0 atom stereocenters. The zero-order chi connectivity index (χ0) is 11.7. The van der Waals surface area contributed by atoms with E-state index in [4.69, 9.17) is 4.74 Å². The summed E-state index contributed by atoms with van der Waals surface area (Å²) < 4.78 is 7.40. The quantitative estimate of drug-likeness (QED) is 0.825. The van der Waals surface area contributed by atoms with Crippen LogP contribution in [0.1, 0.15) is 0 Å². The van der Waals surface area contributed by atoms with Crippen molar-refractivity contribution in [1.29, 1.82) is 0 Å². The van der Waals surface area contributed by atoms with Crippen LogP contribution in [0.4, 0.5) is 0 Å². The van der Waals surface area contributed by atoms with Gasteiger partial charge in [-0.2, -0.15) is 5.10 Å². The summed E-state index contributed by atoms with van der Waals surface area (Å²) in [6.45, 7) is 1.79. The van der Waals surface area contributed by atoms with Crippen molar-refractivity contribution in [1.82, 2.24) is 15.1 Å². The van der Waals surface area contributed by atoms with Crippen molar-refractivity contribution < 1.29 is 9.84 Å². The highest BCUT2D eigenvalue weighted by molar-refractivity contribution is 5.37. The van der Waals surface area contributed by atoms with Crippen LogP contribution in [0.2, 0.25) is 0 Å². The van der Waals surface area contributed by atoms with Crippen LogP contribution in [0, 0.1) is 0 Å². The average molecular weight is 231 g/mol. The van der Waals surface area contributed by atoms with Gasteiger partial charge in [0, 0.05) is 13.1 Å². The minimum atomic E-state index is 0.248. The van der Waals surface area contributed by atoms with Crippen molar-refractivity contribution in [2.45, 2.75) is 6.10 Å². The van der Waals surface area contributed by atoms with Crippen LogP contribution in [-0.2, 0) is 0 Å². The Morgan fingerprint density at radius 1 is 1.29 bits per heavy atom. The number of phenolic OH excluding ortho intramolecular Hbond substituents is 1. The van der Waals surface area contributed by atoms with Crippen LogP contribution >= 0.6 is 0 Å². The van der Waals surface area contributed by atoms with Gasteiger partial charge in [0.25, 0.3) is 0 Å². The number of rotatable bonds is 3. The van der Waals surface area contributed by atoms with E-state index in [2.05, 4.69) is 10.4 Å². The zero-order valence-electron chi connectivity index (χ0n) is 9.21. The highest BCUT2D eigenvalue weighted by Gasteiger charge is 2.18. The number of aromatic nitrogens is 2. The lowest BCUT2D eigenvalue weighted by molar-refractivity contribution is 0.142. The molecule has 0 aliphatic carbocycles. The van der Waals surface area contributed by atoms with Crippen LogP contribution in [-0.4, -0.2) is 34.1 Å². The Bertz CT molecular complexity index is 503. The number of nitrogens with one attached hydrogen (secondary N) is 1. The fraction of sp³-hybridized carbons (Fsp3) is 0.250. The van der Waals surface area contributed by atoms with Crippen LogP contribution in [0.25, 0.3) is 5.69 Å². The first kappa shape index (κ1) is 10.2. The summed E-state index contributed by atoms with van der Waals surface area (Å²) in [6.07, 6.45) is 3.79. The van der Waals surface area contributed by atoms with E-state index in [9.17, 15) is 5.11 Å². The third kappa shape index (κ3) is 2.09. The molecule has 1 aromatic carbocycles. The summed E-state index contributed by atoms with van der Waals surface area (Å²) in [5.41, 5.74) is 0.893. The topological polar surface area (TPSA) is 59.3 Å². The molecular weight excluding hydrogens is 218 g/mol. The molecule has 1 aromatic heterocycles. The highest BCUT2D eigenvalue weighted by atomic mass is 16.5. The summed E-state index contributed by atoms with van der Waals surface area (Å²) in [7, 11) is 0. The molecule has 5 heteroatoms. The number of nitrogens with zero attached hydrogens (tertiary/aromatic N) is 2. The van der Waals surface area contributed by atoms with E-state index in [-0.39, 0.29) is 11.9 Å². The third-order valence-corrected chi connectivity index (χ3v) is 2.72. The van der Waals surface area contributed by atoms with Gasteiger partial charge in [0.05, 0.1) is 18.1 Å². The molecule has 0 unspecified atom stereocenters. The van der Waals surface area contributed by atoms with Gasteiger partial charge in [0.15, 0.2) is 5.75 Å². The summed E-state index contributed by atoms with van der Waals surface area (Å²) in [5, 5.41) is 16.6. The van der Waals surface area contributed by atoms with Crippen LogP contribution in [0.15, 0.2) is 36.7 Å². The lowest BCUT2D eigenvalue weighted by Gasteiger charge is -2.26. The second-order valence-corrected chi connectivity index (χ2v) is 4.04. The van der Waals surface area contributed by atoms with E-state index < -0.39 is 0 Å². The van der Waals surface area contributed by atoms with Crippen molar-refractivity contribution in [3.05, 3.63) is 36.7 Å². The fourth-order valence-corrected chi connectivity index (χ4v) is 1.65. The lowest BCUT2D eigenvalue weighted by Crippen LogP contribution is -2.50. The van der Waals surface area contributed by atoms with Crippen molar-refractivity contribution in [2.24, 2.45) is 0 Å². The Labute approximate surface area is 98.6 Å². The third-order valence-electron chi connectivity index (χ3n) is 2.72. The van der Waals surface area contributed by atoms with E-state index >= 15 is 0 Å². The van der Waals surface area contributed by atoms with E-state index in [0.29, 0.717) is 0 Å². The first-order valence-corrected chi connectivity index (χ1v) is 5.53. The van der Waals surface area contributed by atoms with Gasteiger partial charge in [-0.15, -0.1) is 0 Å². The van der Waals surface area contributed by atoms with Gasteiger partial charge in [-0.05, 0) is 24.3 Å². The maximum absolute atomic E-state index is 9.21. The minimum Gasteiger partial charge on any atom is -0.508 e. The van der Waals surface area contributed by atoms with Crippen LogP contribution in [0.5, 0.6) is 11.5 Å². The molecule has 0 radical (unpaired) electrons. The summed E-state index contributed by atoms with van der Waals surface area (Å²) in [6, 6.07) is 6.87. The largest absolute Gasteiger partial charge is 0.508 e. The second kappa shape index (κ2) is 4.10. The lowest BCUT2D eigenvalue weighted by atomic mass is 10.2. The van der Waals surface area contributed by atoms with Crippen LogP contribution < -0.4 is 10.1 Å². The number of aromatic hydroxyl groups is 1. The van der Waals surface area contributed by atoms with Crippen molar-refractivity contribution in [2.75, 3.05) is 13.1 Å². The van der Waals surface area contributed by atoms with Gasteiger partial charge >= 0.3 is 0 Å². The molecule has 0 amide bonds. The normalized spacial score (nSPS) is 15.5. The van der Waals surface area contributed by atoms with Gasteiger partial charge in [0.2, 0.25) is 0 Å². The first-order chi connectivity index (χ1) is 8.31.